The van der Waals surface area contributed by atoms with Crippen molar-refractivity contribution in [3.8, 4) is 0 Å². The Balaban J connectivity index is 1.84. The number of nitrogens with zero attached hydrogens (tertiary/aromatic N) is 2. The number of unbranched alkanes of at least 4 members (excludes halogenated alkanes) is 1. The predicted octanol–water partition coefficient (Wildman–Crippen LogP) is 4.34. The van der Waals surface area contributed by atoms with Crippen LogP contribution in [0.15, 0.2) is 48.5 Å². The number of piperazine rings is 1. The number of benzene rings is 2. The van der Waals surface area contributed by atoms with Gasteiger partial charge in [-0.2, -0.15) is 26.3 Å². The van der Waals surface area contributed by atoms with E-state index in [9.17, 15) is 35.9 Å². The molecule has 0 aliphatic carbocycles. The molecule has 268 valence electrons. The number of nitrogens with two attached hydrogens (primary N) is 3. The van der Waals surface area contributed by atoms with E-state index in [0.29, 0.717) is 38.9 Å². The lowest BCUT2D eigenvalue weighted by Gasteiger charge is -2.48. The molecule has 2 aromatic rings. The van der Waals surface area contributed by atoms with Crippen LogP contribution in [0.25, 0.3) is 0 Å². The summed E-state index contributed by atoms with van der Waals surface area (Å²) in [5, 5.41) is 3.22. The van der Waals surface area contributed by atoms with Crippen LogP contribution in [0.4, 0.5) is 26.3 Å². The topological polar surface area (TPSA) is 131 Å². The fourth-order valence-electron chi connectivity index (χ4n) is 6.20. The fourth-order valence-corrected chi connectivity index (χ4v) is 6.20. The lowest BCUT2D eigenvalue weighted by atomic mass is 9.93. The van der Waals surface area contributed by atoms with E-state index in [1.807, 2.05) is 13.8 Å². The minimum absolute atomic E-state index is 0.102. The molecule has 7 N–H and O–H groups in total. The monoisotopic (exact) mass is 686 g/mol. The van der Waals surface area contributed by atoms with Gasteiger partial charge in [-0.1, -0.05) is 56.7 Å². The Morgan fingerprint density at radius 2 is 1.27 bits per heavy atom. The summed E-state index contributed by atoms with van der Waals surface area (Å²) in [5.41, 5.74) is 17.1. The average molecular weight is 687 g/mol. The van der Waals surface area contributed by atoms with Crippen molar-refractivity contribution in [1.82, 2.24) is 15.1 Å². The summed E-state index contributed by atoms with van der Waals surface area (Å²) in [4.78, 5) is 31.1. The molecule has 1 aliphatic rings. The number of hydrogen-bond acceptors (Lipinski definition) is 6. The molecule has 8 nitrogen and oxygen atoms in total. The molecule has 1 fully saturated rings. The molecule has 4 atom stereocenters. The standard InChI is InChI=1S/C34H48F6N6O2/c1-22(2)15-28-21-45(31(47)29(42)18-23-7-5-9-25(16-23)33(35,36)37)27(11-3-4-13-44-14-12-41)20-46(28)32(48)30(43)19-24-8-6-10-26(17-24)34(38,39)40/h5-10,16-17,22,27-30,44H,3-4,11-15,18-21,41-43H2,1-2H3/t27?,28-,29?,30-/m1/s1. The van der Waals surface area contributed by atoms with Crippen molar-refractivity contribution in [2.24, 2.45) is 23.1 Å². The summed E-state index contributed by atoms with van der Waals surface area (Å²) in [6.45, 7) is 6.07. The van der Waals surface area contributed by atoms with Gasteiger partial charge in [-0.25, -0.2) is 0 Å². The lowest BCUT2D eigenvalue weighted by molar-refractivity contribution is -0.149. The van der Waals surface area contributed by atoms with E-state index in [2.05, 4.69) is 5.32 Å². The summed E-state index contributed by atoms with van der Waals surface area (Å²) < 4.78 is 79.8. The molecule has 2 aromatic carbocycles. The highest BCUT2D eigenvalue weighted by atomic mass is 19.4. The molecular formula is C34H48F6N6O2. The number of carbonyl (C=O) groups excluding carboxylic acids is 2. The van der Waals surface area contributed by atoms with Crippen LogP contribution in [-0.4, -0.2) is 78.5 Å². The number of carbonyl (C=O) groups is 2. The largest absolute Gasteiger partial charge is 0.416 e. The van der Waals surface area contributed by atoms with E-state index in [4.69, 9.17) is 17.2 Å². The zero-order valence-corrected chi connectivity index (χ0v) is 27.5. The minimum Gasteiger partial charge on any atom is -0.335 e. The van der Waals surface area contributed by atoms with Crippen LogP contribution in [0.2, 0.25) is 0 Å². The van der Waals surface area contributed by atoms with Crippen molar-refractivity contribution >= 4 is 11.8 Å². The van der Waals surface area contributed by atoms with Crippen LogP contribution in [0.1, 0.15) is 61.8 Å². The van der Waals surface area contributed by atoms with Gasteiger partial charge < -0.3 is 32.3 Å². The zero-order valence-electron chi connectivity index (χ0n) is 27.5. The van der Waals surface area contributed by atoms with E-state index >= 15 is 0 Å². The Hall–Kier alpha value is -3.20. The van der Waals surface area contributed by atoms with Crippen molar-refractivity contribution in [2.45, 2.75) is 88.9 Å². The molecule has 0 saturated carbocycles. The Morgan fingerprint density at radius 1 is 0.792 bits per heavy atom. The van der Waals surface area contributed by atoms with Gasteiger partial charge in [0.1, 0.15) is 0 Å². The van der Waals surface area contributed by atoms with Gasteiger partial charge in [-0.05, 0) is 67.8 Å². The molecule has 14 heteroatoms. The summed E-state index contributed by atoms with van der Waals surface area (Å²) in [7, 11) is 0. The van der Waals surface area contributed by atoms with E-state index < -0.39 is 59.5 Å². The first-order valence-corrected chi connectivity index (χ1v) is 16.4. The first kappa shape index (κ1) is 39.2. The number of halogens is 6. The van der Waals surface area contributed by atoms with E-state index in [-0.39, 0.29) is 43.0 Å². The van der Waals surface area contributed by atoms with Crippen LogP contribution in [0, 0.1) is 5.92 Å². The third kappa shape index (κ3) is 11.5. The molecule has 1 saturated heterocycles. The van der Waals surface area contributed by atoms with Gasteiger partial charge in [0.05, 0.1) is 23.2 Å². The van der Waals surface area contributed by atoms with E-state index in [0.717, 1.165) is 30.7 Å². The summed E-state index contributed by atoms with van der Waals surface area (Å²) in [6, 6.07) is 6.32. The minimum atomic E-state index is -4.54. The molecule has 48 heavy (non-hydrogen) atoms. The third-order valence-electron chi connectivity index (χ3n) is 8.52. The number of hydrogen-bond donors (Lipinski definition) is 4. The Kier molecular flexibility index (Phi) is 14.3. The molecule has 0 radical (unpaired) electrons. The number of amides is 2. The van der Waals surface area contributed by atoms with Gasteiger partial charge >= 0.3 is 12.4 Å². The number of rotatable bonds is 15. The van der Waals surface area contributed by atoms with E-state index in [1.54, 1.807) is 9.80 Å². The fraction of sp³-hybridized carbons (Fsp3) is 0.588. The summed E-state index contributed by atoms with van der Waals surface area (Å²) >= 11 is 0. The van der Waals surface area contributed by atoms with Gasteiger partial charge in [0.15, 0.2) is 0 Å². The zero-order chi connectivity index (χ0) is 35.6. The second kappa shape index (κ2) is 17.5. The van der Waals surface area contributed by atoms with Crippen LogP contribution < -0.4 is 22.5 Å². The van der Waals surface area contributed by atoms with Crippen molar-refractivity contribution < 1.29 is 35.9 Å². The van der Waals surface area contributed by atoms with Crippen LogP contribution in [0.5, 0.6) is 0 Å². The van der Waals surface area contributed by atoms with Crippen LogP contribution >= 0.6 is 0 Å². The van der Waals surface area contributed by atoms with Crippen LogP contribution in [0.3, 0.4) is 0 Å². The third-order valence-corrected chi connectivity index (χ3v) is 8.52. The normalized spacial score (nSPS) is 18.7. The highest BCUT2D eigenvalue weighted by Crippen LogP contribution is 2.31. The van der Waals surface area contributed by atoms with Gasteiger partial charge in [-0.3, -0.25) is 9.59 Å². The maximum absolute atomic E-state index is 13.9. The smallest absolute Gasteiger partial charge is 0.335 e. The molecule has 2 amide bonds. The van der Waals surface area contributed by atoms with Gasteiger partial charge in [0.2, 0.25) is 11.8 Å². The highest BCUT2D eigenvalue weighted by Gasteiger charge is 2.41. The summed E-state index contributed by atoms with van der Waals surface area (Å²) in [6.07, 6.45) is -6.77. The second-order valence-electron chi connectivity index (χ2n) is 13.0. The van der Waals surface area contributed by atoms with Crippen molar-refractivity contribution in [2.75, 3.05) is 32.7 Å². The molecule has 1 heterocycles. The Labute approximate surface area is 278 Å². The molecule has 0 aromatic heterocycles. The predicted molar refractivity (Wildman–Crippen MR) is 172 cm³/mol. The quantitative estimate of drug-likeness (QED) is 0.163. The first-order valence-electron chi connectivity index (χ1n) is 16.4. The maximum Gasteiger partial charge on any atom is 0.416 e. The molecule has 0 spiro atoms. The van der Waals surface area contributed by atoms with E-state index in [1.165, 1.54) is 24.3 Å². The highest BCUT2D eigenvalue weighted by molar-refractivity contribution is 5.85. The molecule has 3 rings (SSSR count). The molecule has 2 unspecified atom stereocenters. The molecule has 1 aliphatic heterocycles. The SMILES string of the molecule is CC(C)C[C@@H]1CN(C(=O)C(N)Cc2cccc(C(F)(F)F)c2)C(CCCCNCCN)CN1C(=O)[C@H](N)Cc1cccc(C(F)(F)F)c1. The van der Waals surface area contributed by atoms with Gasteiger partial charge in [-0.15, -0.1) is 0 Å². The summed E-state index contributed by atoms with van der Waals surface area (Å²) in [5.74, 6) is -0.730. The molecular weight excluding hydrogens is 638 g/mol. The molecule has 0 bridgehead atoms. The Morgan fingerprint density at radius 3 is 1.73 bits per heavy atom. The van der Waals surface area contributed by atoms with Gasteiger partial charge in [0.25, 0.3) is 0 Å². The van der Waals surface area contributed by atoms with Crippen molar-refractivity contribution in [1.29, 1.82) is 0 Å². The van der Waals surface area contributed by atoms with Crippen LogP contribution in [-0.2, 0) is 34.8 Å². The second-order valence-corrected chi connectivity index (χ2v) is 13.0. The first-order chi connectivity index (χ1) is 22.5. The Bertz CT molecular complexity index is 1340. The lowest BCUT2D eigenvalue weighted by Crippen LogP contribution is -2.65. The van der Waals surface area contributed by atoms with Gasteiger partial charge in [0, 0.05) is 38.3 Å². The number of alkyl halides is 6. The van der Waals surface area contributed by atoms with Crippen molar-refractivity contribution in [3.05, 3.63) is 70.8 Å². The number of nitrogens with one attached hydrogen (secondary N) is 1. The maximum atomic E-state index is 13.9. The average Bonchev–Trinajstić information content (AvgIpc) is 3.01. The van der Waals surface area contributed by atoms with Crippen molar-refractivity contribution in [3.63, 3.8) is 0 Å².